The molecule has 0 bridgehead atoms. The van der Waals surface area contributed by atoms with Crippen LogP contribution in [-0.2, 0) is 0 Å². The molecule has 0 rings (SSSR count). The van der Waals surface area contributed by atoms with Gasteiger partial charge < -0.3 is 5.73 Å². The SMILES string of the molecule is NC(=O)SC=C(Cl)C(Cl)Cl. The summed E-state index contributed by atoms with van der Waals surface area (Å²) in [5, 5.41) is 0.938. The van der Waals surface area contributed by atoms with Gasteiger partial charge in [0.1, 0.15) is 4.84 Å². The lowest BCUT2D eigenvalue weighted by atomic mass is 10.7. The first-order valence-electron chi connectivity index (χ1n) is 2.14. The van der Waals surface area contributed by atoms with Crippen molar-refractivity contribution in [3.05, 3.63) is 10.4 Å². The monoisotopic (exact) mass is 219 g/mol. The number of hydrogen-bond donors (Lipinski definition) is 1. The number of nitrogens with two attached hydrogens (primary N) is 1. The van der Waals surface area contributed by atoms with Crippen molar-refractivity contribution in [2.24, 2.45) is 5.73 Å². The van der Waals surface area contributed by atoms with E-state index in [4.69, 9.17) is 40.5 Å². The highest BCUT2D eigenvalue weighted by Gasteiger charge is 2.03. The summed E-state index contributed by atoms with van der Waals surface area (Å²) in [6.45, 7) is 0. The van der Waals surface area contributed by atoms with Gasteiger partial charge in [-0.1, -0.05) is 34.8 Å². The summed E-state index contributed by atoms with van der Waals surface area (Å²) >= 11 is 16.8. The molecule has 0 aromatic rings. The van der Waals surface area contributed by atoms with Crippen LogP contribution in [0.1, 0.15) is 0 Å². The summed E-state index contributed by atoms with van der Waals surface area (Å²) in [6.07, 6.45) is 0. The van der Waals surface area contributed by atoms with Crippen molar-refractivity contribution in [1.82, 2.24) is 0 Å². The number of hydrogen-bond acceptors (Lipinski definition) is 2. The van der Waals surface area contributed by atoms with Crippen LogP contribution in [0.3, 0.4) is 0 Å². The van der Waals surface area contributed by atoms with Crippen LogP contribution in [0.15, 0.2) is 10.4 Å². The van der Waals surface area contributed by atoms with E-state index in [2.05, 4.69) is 0 Å². The van der Waals surface area contributed by atoms with Crippen LogP contribution in [0.5, 0.6) is 0 Å². The zero-order valence-electron chi connectivity index (χ0n) is 4.68. The lowest BCUT2D eigenvalue weighted by Crippen LogP contribution is -2.00. The van der Waals surface area contributed by atoms with Gasteiger partial charge in [0.25, 0.3) is 5.24 Å². The molecule has 0 aliphatic heterocycles. The van der Waals surface area contributed by atoms with E-state index in [1.807, 2.05) is 0 Å². The van der Waals surface area contributed by atoms with E-state index in [0.717, 1.165) is 11.8 Å². The number of alkyl halides is 2. The smallest absolute Gasteiger partial charge is 0.280 e. The largest absolute Gasteiger partial charge is 0.360 e. The summed E-state index contributed by atoms with van der Waals surface area (Å²) in [5.41, 5.74) is 4.78. The van der Waals surface area contributed by atoms with Gasteiger partial charge in [0.05, 0.1) is 5.03 Å². The Morgan fingerprint density at radius 1 is 1.60 bits per heavy atom. The molecule has 0 aromatic heterocycles. The minimum absolute atomic E-state index is 0.187. The molecule has 58 valence electrons. The van der Waals surface area contributed by atoms with E-state index in [9.17, 15) is 4.79 Å². The van der Waals surface area contributed by atoms with Crippen molar-refractivity contribution in [3.63, 3.8) is 0 Å². The summed E-state index contributed by atoms with van der Waals surface area (Å²) in [6, 6.07) is 0. The fourth-order valence-electron chi connectivity index (χ4n) is 0.166. The molecule has 0 saturated heterocycles. The Morgan fingerprint density at radius 3 is 2.40 bits per heavy atom. The third-order valence-corrected chi connectivity index (χ3v) is 2.25. The minimum Gasteiger partial charge on any atom is -0.360 e. The van der Waals surface area contributed by atoms with Gasteiger partial charge in [0.15, 0.2) is 0 Å². The summed E-state index contributed by atoms with van der Waals surface area (Å²) in [7, 11) is 0. The molecular formula is C4H4Cl3NOS. The maximum Gasteiger partial charge on any atom is 0.280 e. The highest BCUT2D eigenvalue weighted by molar-refractivity contribution is 8.16. The molecular weight excluding hydrogens is 216 g/mol. The Labute approximate surface area is 77.7 Å². The van der Waals surface area contributed by atoms with Crippen molar-refractivity contribution in [3.8, 4) is 0 Å². The molecule has 0 unspecified atom stereocenters. The predicted octanol–water partition coefficient (Wildman–Crippen LogP) is 2.68. The number of carbonyl (C=O) groups excluding carboxylic acids is 1. The van der Waals surface area contributed by atoms with Crippen LogP contribution in [0.25, 0.3) is 0 Å². The Balaban J connectivity index is 3.80. The zero-order chi connectivity index (χ0) is 8.15. The van der Waals surface area contributed by atoms with Gasteiger partial charge >= 0.3 is 0 Å². The van der Waals surface area contributed by atoms with Crippen LogP contribution >= 0.6 is 46.6 Å². The molecule has 0 spiro atoms. The molecule has 0 aliphatic rings. The first kappa shape index (κ1) is 10.4. The van der Waals surface area contributed by atoms with E-state index in [1.54, 1.807) is 0 Å². The molecule has 0 saturated carbocycles. The molecule has 0 heterocycles. The van der Waals surface area contributed by atoms with E-state index in [-0.39, 0.29) is 5.03 Å². The van der Waals surface area contributed by atoms with Crippen molar-refractivity contribution in [2.45, 2.75) is 4.84 Å². The van der Waals surface area contributed by atoms with Gasteiger partial charge in [-0.2, -0.15) is 0 Å². The Hall–Kier alpha value is 0.430. The predicted molar refractivity (Wildman–Crippen MR) is 46.6 cm³/mol. The molecule has 0 aliphatic carbocycles. The number of halogens is 3. The first-order valence-corrected chi connectivity index (χ1v) is 4.27. The zero-order valence-corrected chi connectivity index (χ0v) is 7.77. The van der Waals surface area contributed by atoms with Gasteiger partial charge in [0.2, 0.25) is 0 Å². The number of primary amides is 1. The summed E-state index contributed by atoms with van der Waals surface area (Å²) < 4.78 is 0. The average Bonchev–Trinajstić information content (AvgIpc) is 1.82. The Kier molecular flexibility index (Phi) is 5.35. The Morgan fingerprint density at radius 2 is 2.10 bits per heavy atom. The van der Waals surface area contributed by atoms with Crippen LogP contribution in [0, 0.1) is 0 Å². The van der Waals surface area contributed by atoms with Crippen molar-refractivity contribution in [1.29, 1.82) is 0 Å². The second-order valence-electron chi connectivity index (χ2n) is 1.24. The fraction of sp³-hybridized carbons (Fsp3) is 0.250. The number of allylic oxidation sites excluding steroid dienone is 1. The molecule has 2 N–H and O–H groups in total. The van der Waals surface area contributed by atoms with Crippen LogP contribution in [-0.4, -0.2) is 10.1 Å². The van der Waals surface area contributed by atoms with Gasteiger partial charge in [-0.3, -0.25) is 4.79 Å². The van der Waals surface area contributed by atoms with Gasteiger partial charge in [-0.25, -0.2) is 0 Å². The van der Waals surface area contributed by atoms with Crippen molar-refractivity contribution >= 4 is 51.8 Å². The van der Waals surface area contributed by atoms with E-state index >= 15 is 0 Å². The minimum atomic E-state index is -0.798. The normalized spacial score (nSPS) is 12.2. The molecule has 0 radical (unpaired) electrons. The average molecular weight is 221 g/mol. The Bertz CT molecular complexity index is 159. The van der Waals surface area contributed by atoms with Crippen molar-refractivity contribution in [2.75, 3.05) is 0 Å². The quantitative estimate of drug-likeness (QED) is 0.727. The van der Waals surface area contributed by atoms with Gasteiger partial charge in [-0.15, -0.1) is 0 Å². The summed E-state index contributed by atoms with van der Waals surface area (Å²) in [4.78, 5) is 9.32. The maximum atomic E-state index is 10.1. The molecule has 2 nitrogen and oxygen atoms in total. The van der Waals surface area contributed by atoms with E-state index < -0.39 is 10.1 Å². The highest BCUT2D eigenvalue weighted by atomic mass is 35.5. The second kappa shape index (κ2) is 5.13. The first-order chi connectivity index (χ1) is 4.54. The highest BCUT2D eigenvalue weighted by Crippen LogP contribution is 2.21. The third kappa shape index (κ3) is 5.23. The molecule has 0 aromatic carbocycles. The van der Waals surface area contributed by atoms with Crippen molar-refractivity contribution < 1.29 is 4.79 Å². The number of carbonyl (C=O) groups is 1. The number of rotatable bonds is 2. The molecule has 0 atom stereocenters. The topological polar surface area (TPSA) is 43.1 Å². The standard InChI is InChI=1S/C4H4Cl3NOS/c5-2(3(6)7)1-10-4(8)9/h1,3H,(H2,8,9). The van der Waals surface area contributed by atoms with Crippen LogP contribution in [0.4, 0.5) is 4.79 Å². The molecule has 0 fully saturated rings. The van der Waals surface area contributed by atoms with Crippen LogP contribution < -0.4 is 5.73 Å². The maximum absolute atomic E-state index is 10.1. The van der Waals surface area contributed by atoms with Crippen LogP contribution in [0.2, 0.25) is 0 Å². The third-order valence-electron chi connectivity index (χ3n) is 0.496. The fourth-order valence-corrected chi connectivity index (χ4v) is 0.940. The lowest BCUT2D eigenvalue weighted by Gasteiger charge is -1.94. The molecule has 6 heteroatoms. The van der Waals surface area contributed by atoms with Gasteiger partial charge in [0, 0.05) is 0 Å². The summed E-state index contributed by atoms with van der Waals surface area (Å²) in [5.74, 6) is 0. The molecule has 1 amide bonds. The second-order valence-corrected chi connectivity index (χ2v) is 3.65. The van der Waals surface area contributed by atoms with E-state index in [1.165, 1.54) is 5.41 Å². The van der Waals surface area contributed by atoms with Gasteiger partial charge in [-0.05, 0) is 17.2 Å². The van der Waals surface area contributed by atoms with E-state index in [0.29, 0.717) is 0 Å². The lowest BCUT2D eigenvalue weighted by molar-refractivity contribution is 0.267. The molecule has 10 heavy (non-hydrogen) atoms. The number of amides is 1. The number of thioether (sulfide) groups is 1.